The zero-order valence-electron chi connectivity index (χ0n) is 9.96. The van der Waals surface area contributed by atoms with Gasteiger partial charge in [0.2, 0.25) is 10.0 Å². The fraction of sp³-hybridized carbons (Fsp3) is 0.500. The van der Waals surface area contributed by atoms with Crippen molar-refractivity contribution in [3.63, 3.8) is 0 Å². The minimum Gasteiger partial charge on any atom is -0.326 e. The molecule has 0 aliphatic carbocycles. The van der Waals surface area contributed by atoms with Gasteiger partial charge in [0.15, 0.2) is 0 Å². The molecular weight excluding hydrogens is 236 g/mol. The summed E-state index contributed by atoms with van der Waals surface area (Å²) in [5.41, 5.74) is 6.44. The van der Waals surface area contributed by atoms with Crippen molar-refractivity contribution >= 4 is 10.0 Å². The van der Waals surface area contributed by atoms with Gasteiger partial charge < -0.3 is 5.73 Å². The number of hydrogen-bond donors (Lipinski definition) is 1. The third-order valence-corrected chi connectivity index (χ3v) is 5.29. The lowest BCUT2D eigenvalue weighted by Gasteiger charge is -2.20. The summed E-state index contributed by atoms with van der Waals surface area (Å²) in [4.78, 5) is 0.364. The van der Waals surface area contributed by atoms with Crippen molar-refractivity contribution in [3.05, 3.63) is 29.8 Å². The number of sulfonamides is 1. The molecule has 1 fully saturated rings. The van der Waals surface area contributed by atoms with Gasteiger partial charge in [-0.1, -0.05) is 12.1 Å². The molecule has 94 valence electrons. The van der Waals surface area contributed by atoms with E-state index < -0.39 is 10.0 Å². The summed E-state index contributed by atoms with van der Waals surface area (Å²) >= 11 is 0. The van der Waals surface area contributed by atoms with E-state index in [0.29, 0.717) is 18.0 Å². The molecule has 1 saturated heterocycles. The second-order valence-electron chi connectivity index (χ2n) is 4.46. The maximum atomic E-state index is 12.3. The largest absolute Gasteiger partial charge is 0.326 e. The lowest BCUT2D eigenvalue weighted by molar-refractivity contribution is 0.408. The first kappa shape index (κ1) is 12.5. The van der Waals surface area contributed by atoms with E-state index in [1.165, 1.54) is 0 Å². The average molecular weight is 254 g/mol. The van der Waals surface area contributed by atoms with E-state index in [1.807, 2.05) is 6.92 Å². The molecule has 2 N–H and O–H groups in total. The quantitative estimate of drug-likeness (QED) is 0.884. The monoisotopic (exact) mass is 254 g/mol. The maximum absolute atomic E-state index is 12.3. The summed E-state index contributed by atoms with van der Waals surface area (Å²) in [5, 5.41) is 0. The Morgan fingerprint density at radius 2 is 2.00 bits per heavy atom. The van der Waals surface area contributed by atoms with Crippen LogP contribution in [-0.4, -0.2) is 25.3 Å². The first-order chi connectivity index (χ1) is 8.05. The van der Waals surface area contributed by atoms with Gasteiger partial charge in [0, 0.05) is 19.1 Å². The second-order valence-corrected chi connectivity index (χ2v) is 6.35. The predicted molar refractivity (Wildman–Crippen MR) is 66.9 cm³/mol. The van der Waals surface area contributed by atoms with Crippen LogP contribution in [0.3, 0.4) is 0 Å². The molecule has 0 saturated carbocycles. The van der Waals surface area contributed by atoms with Gasteiger partial charge in [0.25, 0.3) is 0 Å². The van der Waals surface area contributed by atoms with Crippen LogP contribution in [0, 0.1) is 0 Å². The molecule has 0 spiro atoms. The Balaban J connectivity index is 2.31. The Labute approximate surface area is 102 Å². The van der Waals surface area contributed by atoms with E-state index in [2.05, 4.69) is 0 Å². The van der Waals surface area contributed by atoms with Gasteiger partial charge in [-0.05, 0) is 37.5 Å². The van der Waals surface area contributed by atoms with E-state index in [-0.39, 0.29) is 6.04 Å². The lowest BCUT2D eigenvalue weighted by Crippen LogP contribution is -2.33. The highest BCUT2D eigenvalue weighted by Gasteiger charge is 2.32. The fourth-order valence-electron chi connectivity index (χ4n) is 2.20. The van der Waals surface area contributed by atoms with Gasteiger partial charge in [-0.3, -0.25) is 0 Å². The summed E-state index contributed by atoms with van der Waals surface area (Å²) in [6, 6.07) is 6.93. The van der Waals surface area contributed by atoms with E-state index >= 15 is 0 Å². The minimum atomic E-state index is -3.32. The van der Waals surface area contributed by atoms with Gasteiger partial charge in [0.1, 0.15) is 0 Å². The Morgan fingerprint density at radius 1 is 1.35 bits per heavy atom. The molecule has 0 unspecified atom stereocenters. The number of rotatable bonds is 3. The van der Waals surface area contributed by atoms with Crippen LogP contribution >= 0.6 is 0 Å². The Bertz CT molecular complexity index is 482. The number of nitrogens with two attached hydrogens (primary N) is 1. The van der Waals surface area contributed by atoms with Crippen LogP contribution in [0.25, 0.3) is 0 Å². The van der Waals surface area contributed by atoms with Crippen LogP contribution in [0.2, 0.25) is 0 Å². The third kappa shape index (κ3) is 2.36. The molecule has 0 bridgehead atoms. The SMILES string of the molecule is C[C@H]1CCCN1S(=O)(=O)c1ccc(CN)cc1. The Hall–Kier alpha value is -0.910. The van der Waals surface area contributed by atoms with Crippen molar-refractivity contribution in [3.8, 4) is 0 Å². The smallest absolute Gasteiger partial charge is 0.243 e. The van der Waals surface area contributed by atoms with Gasteiger partial charge in [-0.2, -0.15) is 4.31 Å². The lowest BCUT2D eigenvalue weighted by atomic mass is 10.2. The molecule has 1 atom stereocenters. The zero-order chi connectivity index (χ0) is 12.5. The first-order valence-electron chi connectivity index (χ1n) is 5.86. The van der Waals surface area contributed by atoms with E-state index in [4.69, 9.17) is 5.73 Å². The first-order valence-corrected chi connectivity index (χ1v) is 7.30. The van der Waals surface area contributed by atoms with Gasteiger partial charge in [-0.15, -0.1) is 0 Å². The summed E-state index contributed by atoms with van der Waals surface area (Å²) in [5.74, 6) is 0. The van der Waals surface area contributed by atoms with E-state index in [1.54, 1.807) is 28.6 Å². The van der Waals surface area contributed by atoms with Gasteiger partial charge >= 0.3 is 0 Å². The Morgan fingerprint density at radius 3 is 2.47 bits per heavy atom. The van der Waals surface area contributed by atoms with Crippen molar-refractivity contribution in [2.75, 3.05) is 6.54 Å². The van der Waals surface area contributed by atoms with E-state index in [9.17, 15) is 8.42 Å². The number of hydrogen-bond acceptors (Lipinski definition) is 3. The molecule has 0 aromatic heterocycles. The molecule has 0 amide bonds. The predicted octanol–water partition coefficient (Wildman–Crippen LogP) is 1.32. The van der Waals surface area contributed by atoms with Gasteiger partial charge in [0.05, 0.1) is 4.90 Å². The molecule has 1 aromatic carbocycles. The Kier molecular flexibility index (Phi) is 3.51. The standard InChI is InChI=1S/C12H18N2O2S/c1-10-3-2-8-14(10)17(15,16)12-6-4-11(9-13)5-7-12/h4-7,10H,2-3,8-9,13H2,1H3/t10-/m0/s1. The summed E-state index contributed by atoms with van der Waals surface area (Å²) in [7, 11) is -3.32. The molecule has 2 rings (SSSR count). The molecule has 17 heavy (non-hydrogen) atoms. The van der Waals surface area contributed by atoms with Crippen molar-refractivity contribution in [2.45, 2.75) is 37.2 Å². The highest BCUT2D eigenvalue weighted by Crippen LogP contribution is 2.25. The highest BCUT2D eigenvalue weighted by molar-refractivity contribution is 7.89. The fourth-order valence-corrected chi connectivity index (χ4v) is 3.90. The topological polar surface area (TPSA) is 63.4 Å². The van der Waals surface area contributed by atoms with Crippen LogP contribution in [0.4, 0.5) is 0 Å². The van der Waals surface area contributed by atoms with Crippen molar-refractivity contribution in [1.29, 1.82) is 0 Å². The zero-order valence-corrected chi connectivity index (χ0v) is 10.8. The second kappa shape index (κ2) is 4.76. The number of benzene rings is 1. The molecule has 1 aliphatic heterocycles. The van der Waals surface area contributed by atoms with Crippen LogP contribution < -0.4 is 5.73 Å². The van der Waals surface area contributed by atoms with Crippen molar-refractivity contribution < 1.29 is 8.42 Å². The molecule has 5 heteroatoms. The van der Waals surface area contributed by atoms with Crippen LogP contribution in [-0.2, 0) is 16.6 Å². The molecule has 1 aliphatic rings. The third-order valence-electron chi connectivity index (χ3n) is 3.26. The van der Waals surface area contributed by atoms with Gasteiger partial charge in [-0.25, -0.2) is 8.42 Å². The highest BCUT2D eigenvalue weighted by atomic mass is 32.2. The van der Waals surface area contributed by atoms with Crippen LogP contribution in [0.15, 0.2) is 29.2 Å². The maximum Gasteiger partial charge on any atom is 0.243 e. The molecule has 1 heterocycles. The molecular formula is C12H18N2O2S. The van der Waals surface area contributed by atoms with Crippen molar-refractivity contribution in [1.82, 2.24) is 4.31 Å². The average Bonchev–Trinajstić information content (AvgIpc) is 2.76. The normalized spacial score (nSPS) is 21.9. The van der Waals surface area contributed by atoms with E-state index in [0.717, 1.165) is 18.4 Å². The summed E-state index contributed by atoms with van der Waals surface area (Å²) in [6.07, 6.45) is 1.89. The van der Waals surface area contributed by atoms with Crippen molar-refractivity contribution in [2.24, 2.45) is 5.73 Å². The van der Waals surface area contributed by atoms with Crippen LogP contribution in [0.1, 0.15) is 25.3 Å². The molecule has 0 radical (unpaired) electrons. The van der Waals surface area contributed by atoms with Crippen LogP contribution in [0.5, 0.6) is 0 Å². The molecule has 1 aromatic rings. The minimum absolute atomic E-state index is 0.106. The summed E-state index contributed by atoms with van der Waals surface area (Å²) < 4.78 is 26.3. The molecule has 4 nitrogen and oxygen atoms in total. The summed E-state index contributed by atoms with van der Waals surface area (Å²) in [6.45, 7) is 3.02. The number of nitrogens with zero attached hydrogens (tertiary/aromatic N) is 1.